The first kappa shape index (κ1) is 20.3. The Morgan fingerprint density at radius 2 is 1.90 bits per heavy atom. The predicted molar refractivity (Wildman–Crippen MR) is 115 cm³/mol. The van der Waals surface area contributed by atoms with Gasteiger partial charge in [-0.3, -0.25) is 10.1 Å². The number of urea groups is 1. The molecule has 8 heteroatoms. The van der Waals surface area contributed by atoms with Gasteiger partial charge in [-0.05, 0) is 43.2 Å². The third-order valence-corrected chi connectivity index (χ3v) is 4.86. The maximum Gasteiger partial charge on any atom is 0.325 e. The summed E-state index contributed by atoms with van der Waals surface area (Å²) in [5.74, 6) is 0.504. The lowest BCUT2D eigenvalue weighted by molar-refractivity contribution is 0.0950. The van der Waals surface area contributed by atoms with E-state index in [-0.39, 0.29) is 11.6 Å². The van der Waals surface area contributed by atoms with Crippen molar-refractivity contribution in [1.82, 2.24) is 10.3 Å². The van der Waals surface area contributed by atoms with Crippen molar-refractivity contribution in [3.63, 3.8) is 0 Å². The molecule has 2 aromatic carbocycles. The molecule has 150 valence electrons. The molecular weight excluding hydrogens is 388 g/mol. The van der Waals surface area contributed by atoms with E-state index >= 15 is 0 Å². The number of anilines is 2. The molecule has 0 bridgehead atoms. The van der Waals surface area contributed by atoms with Gasteiger partial charge >= 0.3 is 6.03 Å². The summed E-state index contributed by atoms with van der Waals surface area (Å²) in [7, 11) is 1.62. The second-order valence-electron chi connectivity index (χ2n) is 6.34. The summed E-state index contributed by atoms with van der Waals surface area (Å²) in [6.07, 6.45) is 0.678. The minimum absolute atomic E-state index is 0.270. The Kier molecular flexibility index (Phi) is 6.80. The Labute approximate surface area is 173 Å². The molecule has 3 aromatic rings. The lowest BCUT2D eigenvalue weighted by atomic mass is 10.1. The Hall–Kier alpha value is -3.39. The molecule has 1 heterocycles. The van der Waals surface area contributed by atoms with Crippen LogP contribution >= 0.6 is 11.3 Å². The van der Waals surface area contributed by atoms with Crippen molar-refractivity contribution in [2.75, 3.05) is 24.3 Å². The van der Waals surface area contributed by atoms with Gasteiger partial charge in [0.1, 0.15) is 11.4 Å². The van der Waals surface area contributed by atoms with Crippen LogP contribution in [0.1, 0.15) is 21.6 Å². The lowest BCUT2D eigenvalue weighted by Crippen LogP contribution is -2.26. The van der Waals surface area contributed by atoms with E-state index in [9.17, 15) is 9.59 Å². The molecule has 0 aliphatic rings. The molecule has 1 aromatic heterocycles. The largest absolute Gasteiger partial charge is 0.497 e. The molecule has 29 heavy (non-hydrogen) atoms. The smallest absolute Gasteiger partial charge is 0.325 e. The van der Waals surface area contributed by atoms with Crippen molar-refractivity contribution < 1.29 is 14.3 Å². The molecule has 0 aliphatic heterocycles. The van der Waals surface area contributed by atoms with Crippen LogP contribution in [0, 0.1) is 6.92 Å². The maximum atomic E-state index is 12.3. The number of methoxy groups -OCH3 is 1. The molecule has 0 saturated heterocycles. The Morgan fingerprint density at radius 3 is 2.66 bits per heavy atom. The van der Waals surface area contributed by atoms with E-state index < -0.39 is 6.03 Å². The summed E-state index contributed by atoms with van der Waals surface area (Å²) in [4.78, 5) is 28.5. The molecule has 0 saturated carbocycles. The number of hydrogen-bond acceptors (Lipinski definition) is 5. The lowest BCUT2D eigenvalue weighted by Gasteiger charge is -2.06. The number of carbonyl (C=O) groups is 2. The van der Waals surface area contributed by atoms with Crippen molar-refractivity contribution in [1.29, 1.82) is 0 Å². The zero-order valence-corrected chi connectivity index (χ0v) is 17.0. The normalized spacial score (nSPS) is 10.3. The van der Waals surface area contributed by atoms with Gasteiger partial charge in [0.25, 0.3) is 5.91 Å². The predicted octanol–water partition coefficient (Wildman–Crippen LogP) is 4.08. The summed E-state index contributed by atoms with van der Waals surface area (Å²) >= 11 is 1.19. The molecule has 3 N–H and O–H groups in total. The van der Waals surface area contributed by atoms with Gasteiger partial charge in [-0.2, -0.15) is 0 Å². The van der Waals surface area contributed by atoms with Gasteiger partial charge in [0.2, 0.25) is 0 Å². The third-order valence-electron chi connectivity index (χ3n) is 4.10. The number of rotatable bonds is 7. The van der Waals surface area contributed by atoms with E-state index in [1.165, 1.54) is 11.3 Å². The average Bonchev–Trinajstić information content (AvgIpc) is 3.18. The second kappa shape index (κ2) is 9.70. The van der Waals surface area contributed by atoms with Gasteiger partial charge in [0.05, 0.1) is 7.11 Å². The van der Waals surface area contributed by atoms with E-state index in [1.807, 2.05) is 55.5 Å². The Bertz CT molecular complexity index is 986. The van der Waals surface area contributed by atoms with Gasteiger partial charge in [-0.15, -0.1) is 11.3 Å². The summed E-state index contributed by atoms with van der Waals surface area (Å²) in [5.41, 5.74) is 3.13. The standard InChI is InChI=1S/C21H22N4O3S/c1-14-6-8-16(9-7-14)23-20(27)25-21-24-18(13-29-21)19(26)22-11-10-15-4-3-5-17(12-15)28-2/h3-9,12-13H,10-11H2,1-2H3,(H,22,26)(H2,23,24,25,27). The second-order valence-corrected chi connectivity index (χ2v) is 7.20. The highest BCUT2D eigenvalue weighted by Gasteiger charge is 2.12. The summed E-state index contributed by atoms with van der Waals surface area (Å²) in [6.45, 7) is 2.45. The summed E-state index contributed by atoms with van der Waals surface area (Å²) in [6, 6.07) is 14.7. The number of hydrogen-bond donors (Lipinski definition) is 3. The zero-order chi connectivity index (χ0) is 20.6. The van der Waals surface area contributed by atoms with Crippen LogP contribution < -0.4 is 20.7 Å². The Balaban J connectivity index is 1.47. The molecule has 0 atom stereocenters. The SMILES string of the molecule is COc1cccc(CCNC(=O)c2csc(NC(=O)Nc3ccc(C)cc3)n2)c1. The van der Waals surface area contributed by atoms with E-state index in [4.69, 9.17) is 4.74 Å². The van der Waals surface area contributed by atoms with Gasteiger partial charge < -0.3 is 15.4 Å². The van der Waals surface area contributed by atoms with Crippen LogP contribution in [0.3, 0.4) is 0 Å². The van der Waals surface area contributed by atoms with Crippen LogP contribution in [0.25, 0.3) is 0 Å². The van der Waals surface area contributed by atoms with E-state index in [2.05, 4.69) is 20.9 Å². The van der Waals surface area contributed by atoms with Crippen LogP contribution in [0.2, 0.25) is 0 Å². The molecule has 0 spiro atoms. The number of nitrogens with one attached hydrogen (secondary N) is 3. The van der Waals surface area contributed by atoms with E-state index in [0.717, 1.165) is 16.9 Å². The van der Waals surface area contributed by atoms with Crippen molar-refractivity contribution in [3.8, 4) is 5.75 Å². The highest BCUT2D eigenvalue weighted by Crippen LogP contribution is 2.17. The molecule has 0 aliphatic carbocycles. The maximum absolute atomic E-state index is 12.3. The molecule has 0 radical (unpaired) electrons. The van der Waals surface area contributed by atoms with Crippen LogP contribution in [0.5, 0.6) is 5.75 Å². The summed E-state index contributed by atoms with van der Waals surface area (Å²) < 4.78 is 5.19. The fourth-order valence-electron chi connectivity index (χ4n) is 2.57. The molecule has 0 fully saturated rings. The van der Waals surface area contributed by atoms with Gasteiger partial charge in [-0.25, -0.2) is 9.78 Å². The topological polar surface area (TPSA) is 92.4 Å². The first-order chi connectivity index (χ1) is 14.0. The number of carbonyl (C=O) groups excluding carboxylic acids is 2. The highest BCUT2D eigenvalue weighted by atomic mass is 32.1. The molecule has 0 unspecified atom stereocenters. The number of aryl methyl sites for hydroxylation is 1. The van der Waals surface area contributed by atoms with Gasteiger partial charge in [0.15, 0.2) is 5.13 Å². The summed E-state index contributed by atoms with van der Waals surface area (Å²) in [5, 5.41) is 10.2. The molecule has 3 amide bonds. The van der Waals surface area contributed by atoms with E-state index in [0.29, 0.717) is 23.8 Å². The number of ether oxygens (including phenoxy) is 1. The first-order valence-electron chi connectivity index (χ1n) is 9.05. The van der Waals surface area contributed by atoms with Crippen molar-refractivity contribution in [2.24, 2.45) is 0 Å². The van der Waals surface area contributed by atoms with Crippen LogP contribution in [-0.4, -0.2) is 30.6 Å². The first-order valence-corrected chi connectivity index (χ1v) is 9.93. The number of amides is 3. The van der Waals surface area contributed by atoms with Crippen LogP contribution in [-0.2, 0) is 6.42 Å². The van der Waals surface area contributed by atoms with Crippen molar-refractivity contribution in [3.05, 3.63) is 70.7 Å². The number of thiazole rings is 1. The minimum Gasteiger partial charge on any atom is -0.497 e. The van der Waals surface area contributed by atoms with Crippen LogP contribution in [0.4, 0.5) is 15.6 Å². The fraction of sp³-hybridized carbons (Fsp3) is 0.190. The quantitative estimate of drug-likeness (QED) is 0.547. The third kappa shape index (κ3) is 6.05. The van der Waals surface area contributed by atoms with Gasteiger partial charge in [-0.1, -0.05) is 29.8 Å². The Morgan fingerprint density at radius 1 is 1.10 bits per heavy atom. The minimum atomic E-state index is -0.409. The number of nitrogens with zero attached hydrogens (tertiary/aromatic N) is 1. The van der Waals surface area contributed by atoms with Crippen molar-refractivity contribution >= 4 is 34.1 Å². The van der Waals surface area contributed by atoms with Crippen molar-refractivity contribution in [2.45, 2.75) is 13.3 Å². The van der Waals surface area contributed by atoms with Crippen LogP contribution in [0.15, 0.2) is 53.9 Å². The average molecular weight is 410 g/mol. The van der Waals surface area contributed by atoms with Gasteiger partial charge in [0, 0.05) is 17.6 Å². The van der Waals surface area contributed by atoms with E-state index in [1.54, 1.807) is 12.5 Å². The number of benzene rings is 2. The molecule has 7 nitrogen and oxygen atoms in total. The molecular formula is C21H22N4O3S. The highest BCUT2D eigenvalue weighted by molar-refractivity contribution is 7.14. The fourth-order valence-corrected chi connectivity index (χ4v) is 3.26. The monoisotopic (exact) mass is 410 g/mol. The zero-order valence-electron chi connectivity index (χ0n) is 16.2. The number of aromatic nitrogens is 1. The molecule has 3 rings (SSSR count).